The van der Waals surface area contributed by atoms with Gasteiger partial charge in [-0.25, -0.2) is 0 Å². The molecule has 3 rings (SSSR count). The number of ether oxygens (including phenoxy) is 1. The van der Waals surface area contributed by atoms with Gasteiger partial charge in [0.1, 0.15) is 6.10 Å². The lowest BCUT2D eigenvalue weighted by Crippen LogP contribution is -2.53. The molecule has 34 heavy (non-hydrogen) atoms. The highest BCUT2D eigenvalue weighted by atomic mass is 16.5. The first-order chi connectivity index (χ1) is 16.4. The van der Waals surface area contributed by atoms with Crippen molar-refractivity contribution in [3.63, 3.8) is 0 Å². The summed E-state index contributed by atoms with van der Waals surface area (Å²) in [5, 5.41) is 24.1. The minimum Gasteiger partial charge on any atom is -0.481 e. The number of hydrogen-bond acceptors (Lipinski definition) is 4. The number of nitrogens with one attached hydrogen (secondary N) is 1. The van der Waals surface area contributed by atoms with Gasteiger partial charge in [0.15, 0.2) is 5.81 Å². The Morgan fingerprint density at radius 3 is 1.74 bits per heavy atom. The third kappa shape index (κ3) is 7.58. The number of carboxylic acids is 1. The Labute approximate surface area is 201 Å². The van der Waals surface area contributed by atoms with Gasteiger partial charge in [0, 0.05) is 0 Å². The summed E-state index contributed by atoms with van der Waals surface area (Å²) >= 11 is 0. The largest absolute Gasteiger partial charge is 0.481 e. The van der Waals surface area contributed by atoms with Crippen LogP contribution in [0.2, 0.25) is 0 Å². The molecule has 0 aliphatic carbocycles. The number of carbonyl (C=O) groups excluding carboxylic acids is 1. The van der Waals surface area contributed by atoms with Crippen molar-refractivity contribution in [3.05, 3.63) is 108 Å². The van der Waals surface area contributed by atoms with Gasteiger partial charge in [0.25, 0.3) is 0 Å². The van der Waals surface area contributed by atoms with Crippen molar-refractivity contribution < 1.29 is 24.5 Å². The van der Waals surface area contributed by atoms with Crippen LogP contribution in [0.5, 0.6) is 0 Å². The second-order valence-corrected chi connectivity index (χ2v) is 8.19. The predicted molar refractivity (Wildman–Crippen MR) is 131 cm³/mol. The van der Waals surface area contributed by atoms with Crippen molar-refractivity contribution in [1.82, 2.24) is 5.32 Å². The topological polar surface area (TPSA) is 95.9 Å². The standard InChI is InChI=1S/C27H28BNO5/c28-27(33)29-23(17-20-12-6-2-7-13-20)24(30)25(34-18-21-14-8-3-9-15-21)22(26(31)32)16-19-10-4-1-5-11-19/h1-15,22-25,30H,16-18H2,(H,29,33)(H,31,32). The van der Waals surface area contributed by atoms with Crippen LogP contribution in [-0.4, -0.2) is 48.1 Å². The van der Waals surface area contributed by atoms with E-state index in [0.29, 0.717) is 0 Å². The third-order valence-electron chi connectivity index (χ3n) is 5.67. The second kappa shape index (κ2) is 12.7. The molecule has 7 heteroatoms. The van der Waals surface area contributed by atoms with E-state index in [-0.39, 0.29) is 19.4 Å². The second-order valence-electron chi connectivity index (χ2n) is 8.19. The van der Waals surface area contributed by atoms with E-state index >= 15 is 0 Å². The molecule has 3 N–H and O–H groups in total. The zero-order valence-corrected chi connectivity index (χ0v) is 18.8. The average molecular weight is 457 g/mol. The van der Waals surface area contributed by atoms with E-state index in [2.05, 4.69) is 5.32 Å². The number of benzene rings is 3. The highest BCUT2D eigenvalue weighted by molar-refractivity contribution is 6.57. The third-order valence-corrected chi connectivity index (χ3v) is 5.67. The number of aliphatic carboxylic acids is 1. The number of aliphatic hydroxyl groups excluding tert-OH is 1. The van der Waals surface area contributed by atoms with Crippen LogP contribution in [0.4, 0.5) is 4.79 Å². The summed E-state index contributed by atoms with van der Waals surface area (Å²) in [5.74, 6) is -2.97. The minimum absolute atomic E-state index is 0.107. The van der Waals surface area contributed by atoms with Crippen molar-refractivity contribution >= 4 is 19.6 Å². The molecule has 0 spiro atoms. The molecule has 0 aromatic heterocycles. The van der Waals surface area contributed by atoms with E-state index in [9.17, 15) is 19.8 Å². The zero-order valence-electron chi connectivity index (χ0n) is 18.8. The van der Waals surface area contributed by atoms with Crippen LogP contribution in [0.15, 0.2) is 91.0 Å². The highest BCUT2D eigenvalue weighted by Crippen LogP contribution is 2.23. The Morgan fingerprint density at radius 1 is 0.794 bits per heavy atom. The van der Waals surface area contributed by atoms with Crippen LogP contribution in [0, 0.1) is 5.92 Å². The fourth-order valence-electron chi connectivity index (χ4n) is 3.97. The van der Waals surface area contributed by atoms with Crippen LogP contribution >= 0.6 is 0 Å². The Kier molecular flexibility index (Phi) is 9.44. The monoisotopic (exact) mass is 457 g/mol. The number of amides is 1. The molecule has 3 aromatic carbocycles. The molecule has 3 aromatic rings. The summed E-state index contributed by atoms with van der Waals surface area (Å²) < 4.78 is 6.06. The van der Waals surface area contributed by atoms with E-state index in [1.807, 2.05) is 91.0 Å². The molecule has 174 valence electrons. The average Bonchev–Trinajstić information content (AvgIpc) is 2.84. The van der Waals surface area contributed by atoms with Crippen LogP contribution < -0.4 is 5.32 Å². The fourth-order valence-corrected chi connectivity index (χ4v) is 3.97. The molecule has 0 aliphatic heterocycles. The Hall–Kier alpha value is -3.42. The smallest absolute Gasteiger partial charge is 0.309 e. The molecule has 0 saturated carbocycles. The van der Waals surface area contributed by atoms with Gasteiger partial charge in [0.2, 0.25) is 7.85 Å². The zero-order chi connectivity index (χ0) is 24.3. The maximum atomic E-state index is 12.4. The van der Waals surface area contributed by atoms with Gasteiger partial charge in [-0.05, 0) is 29.5 Å². The van der Waals surface area contributed by atoms with Gasteiger partial charge in [-0.1, -0.05) is 91.0 Å². The number of aliphatic hydroxyl groups is 1. The van der Waals surface area contributed by atoms with Crippen LogP contribution in [-0.2, 0) is 29.0 Å². The SMILES string of the molecule is [B]C(=O)NC(Cc1ccccc1)C(O)C(OCc1ccccc1)C(Cc1ccccc1)C(=O)O. The molecule has 0 heterocycles. The number of carboxylic acid groups (broad SMARTS) is 1. The quantitative estimate of drug-likeness (QED) is 0.363. The molecule has 1 amide bonds. The van der Waals surface area contributed by atoms with E-state index < -0.39 is 35.9 Å². The summed E-state index contributed by atoms with van der Waals surface area (Å²) in [7, 11) is 5.39. The van der Waals surface area contributed by atoms with E-state index in [4.69, 9.17) is 12.6 Å². The maximum Gasteiger partial charge on any atom is 0.309 e. The number of carbonyl (C=O) groups is 2. The first kappa shape index (κ1) is 25.2. The molecule has 0 bridgehead atoms. The minimum atomic E-state index is -1.33. The fraction of sp³-hybridized carbons (Fsp3) is 0.259. The molecule has 0 saturated heterocycles. The Balaban J connectivity index is 1.90. The molecular formula is C27H28BNO5. The summed E-state index contributed by atoms with van der Waals surface area (Å²) in [6.07, 6.45) is -2.03. The van der Waals surface area contributed by atoms with Gasteiger partial charge >= 0.3 is 5.97 Å². The van der Waals surface area contributed by atoms with Crippen LogP contribution in [0.3, 0.4) is 0 Å². The van der Waals surface area contributed by atoms with E-state index in [0.717, 1.165) is 16.7 Å². The summed E-state index contributed by atoms with van der Waals surface area (Å²) in [6.45, 7) is 0.107. The van der Waals surface area contributed by atoms with Crippen molar-refractivity contribution in [2.45, 2.75) is 37.7 Å². The molecule has 4 unspecified atom stereocenters. The van der Waals surface area contributed by atoms with Gasteiger partial charge < -0.3 is 20.3 Å². The number of hydrogen-bond donors (Lipinski definition) is 3. The van der Waals surface area contributed by atoms with Gasteiger partial charge in [0.05, 0.1) is 24.7 Å². The molecule has 0 fully saturated rings. The van der Waals surface area contributed by atoms with E-state index in [1.54, 1.807) is 0 Å². The molecule has 6 nitrogen and oxygen atoms in total. The van der Waals surface area contributed by atoms with Crippen LogP contribution in [0.25, 0.3) is 0 Å². The lowest BCUT2D eigenvalue weighted by molar-refractivity contribution is -0.155. The Bertz CT molecular complexity index is 1030. The van der Waals surface area contributed by atoms with Crippen molar-refractivity contribution in [1.29, 1.82) is 0 Å². The molecule has 4 atom stereocenters. The predicted octanol–water partition coefficient (Wildman–Crippen LogP) is 3.37. The van der Waals surface area contributed by atoms with Crippen molar-refractivity contribution in [2.24, 2.45) is 5.92 Å². The van der Waals surface area contributed by atoms with Crippen LogP contribution in [0.1, 0.15) is 16.7 Å². The first-order valence-corrected chi connectivity index (χ1v) is 11.1. The number of rotatable bonds is 12. The summed E-state index contributed by atoms with van der Waals surface area (Å²) in [6, 6.07) is 26.9. The summed E-state index contributed by atoms with van der Waals surface area (Å²) in [4.78, 5) is 24.1. The van der Waals surface area contributed by atoms with E-state index in [1.165, 1.54) is 0 Å². The highest BCUT2D eigenvalue weighted by Gasteiger charge is 2.39. The lowest BCUT2D eigenvalue weighted by Gasteiger charge is -2.34. The van der Waals surface area contributed by atoms with Gasteiger partial charge in [-0.3, -0.25) is 9.59 Å². The molecule has 2 radical (unpaired) electrons. The van der Waals surface area contributed by atoms with Crippen molar-refractivity contribution in [3.8, 4) is 0 Å². The first-order valence-electron chi connectivity index (χ1n) is 11.1. The molecule has 0 aliphatic rings. The normalized spacial score (nSPS) is 14.5. The maximum absolute atomic E-state index is 12.4. The molecular weight excluding hydrogens is 429 g/mol. The lowest BCUT2D eigenvalue weighted by atomic mass is 9.86. The Morgan fingerprint density at radius 2 is 1.26 bits per heavy atom. The van der Waals surface area contributed by atoms with Gasteiger partial charge in [-0.2, -0.15) is 0 Å². The van der Waals surface area contributed by atoms with Gasteiger partial charge in [-0.15, -0.1) is 0 Å². The van der Waals surface area contributed by atoms with Crippen molar-refractivity contribution in [2.75, 3.05) is 0 Å². The summed E-state index contributed by atoms with van der Waals surface area (Å²) in [5.41, 5.74) is 2.50.